The second-order valence-corrected chi connectivity index (χ2v) is 3.19. The lowest BCUT2D eigenvalue weighted by Gasteiger charge is -2.06. The highest BCUT2D eigenvalue weighted by Gasteiger charge is 2.62. The first kappa shape index (κ1) is 8.93. The third-order valence-electron chi connectivity index (χ3n) is 2.25. The summed E-state index contributed by atoms with van der Waals surface area (Å²) in [5, 5.41) is 0. The lowest BCUT2D eigenvalue weighted by Crippen LogP contribution is -2.30. The van der Waals surface area contributed by atoms with Crippen molar-refractivity contribution in [1.29, 1.82) is 0 Å². The molecule has 0 aromatic carbocycles. The Morgan fingerprint density at radius 3 is 2.54 bits per heavy atom. The molecule has 2 saturated heterocycles. The van der Waals surface area contributed by atoms with Gasteiger partial charge >= 0.3 is 5.97 Å². The Hall–Kier alpha value is -0.650. The highest BCUT2D eigenvalue weighted by atomic mass is 16.7. The van der Waals surface area contributed by atoms with Gasteiger partial charge in [-0.25, -0.2) is 4.79 Å². The molecule has 0 radical (unpaired) electrons. The molecule has 5 heteroatoms. The van der Waals surface area contributed by atoms with Gasteiger partial charge in [0.1, 0.15) is 0 Å². The Labute approximate surface area is 75.9 Å². The van der Waals surface area contributed by atoms with Crippen molar-refractivity contribution in [3.8, 4) is 0 Å². The summed E-state index contributed by atoms with van der Waals surface area (Å²) in [6, 6.07) is 0. The number of ether oxygens (including phenoxy) is 4. The lowest BCUT2D eigenvalue weighted by molar-refractivity contribution is -0.142. The standard InChI is InChI=1S/C8H12O5/c1-10-7(9)6-8(13-6)4-11-2-3-12-5-8/h6H,2-5H2,1H3. The first-order valence-corrected chi connectivity index (χ1v) is 4.20. The van der Waals surface area contributed by atoms with Crippen molar-refractivity contribution in [3.05, 3.63) is 0 Å². The Kier molecular flexibility index (Phi) is 2.23. The minimum atomic E-state index is -0.566. The van der Waals surface area contributed by atoms with Gasteiger partial charge in [-0.2, -0.15) is 0 Å². The average molecular weight is 188 g/mol. The van der Waals surface area contributed by atoms with E-state index in [2.05, 4.69) is 4.74 Å². The average Bonchev–Trinajstić information content (AvgIpc) is 2.90. The molecule has 2 aliphatic rings. The molecule has 1 spiro atoms. The van der Waals surface area contributed by atoms with Crippen LogP contribution in [0.2, 0.25) is 0 Å². The number of esters is 1. The molecule has 13 heavy (non-hydrogen) atoms. The molecule has 1 atom stereocenters. The maximum absolute atomic E-state index is 11.1. The van der Waals surface area contributed by atoms with Crippen molar-refractivity contribution < 1.29 is 23.7 Å². The number of methoxy groups -OCH3 is 1. The predicted octanol–water partition coefficient (Wildman–Crippen LogP) is -0.656. The van der Waals surface area contributed by atoms with Gasteiger partial charge in [0, 0.05) is 0 Å². The molecule has 0 amide bonds. The minimum Gasteiger partial charge on any atom is -0.467 e. The molecular weight excluding hydrogens is 176 g/mol. The number of epoxide rings is 1. The van der Waals surface area contributed by atoms with Crippen molar-refractivity contribution in [3.63, 3.8) is 0 Å². The molecule has 2 aliphatic heterocycles. The number of hydrogen-bond donors (Lipinski definition) is 0. The molecule has 0 aromatic heterocycles. The predicted molar refractivity (Wildman–Crippen MR) is 41.3 cm³/mol. The summed E-state index contributed by atoms with van der Waals surface area (Å²) >= 11 is 0. The molecule has 0 aromatic rings. The summed E-state index contributed by atoms with van der Waals surface area (Å²) in [4.78, 5) is 11.1. The molecule has 1 unspecified atom stereocenters. The zero-order valence-corrected chi connectivity index (χ0v) is 7.45. The Bertz CT molecular complexity index is 207. The molecule has 0 N–H and O–H groups in total. The van der Waals surface area contributed by atoms with Crippen LogP contribution in [-0.4, -0.2) is 51.2 Å². The van der Waals surface area contributed by atoms with E-state index < -0.39 is 11.7 Å². The normalized spacial score (nSPS) is 31.0. The van der Waals surface area contributed by atoms with Gasteiger partial charge in [0.05, 0.1) is 33.5 Å². The maximum Gasteiger partial charge on any atom is 0.338 e. The molecule has 5 nitrogen and oxygen atoms in total. The first-order chi connectivity index (χ1) is 6.28. The number of carbonyl (C=O) groups is 1. The fraction of sp³-hybridized carbons (Fsp3) is 0.875. The third kappa shape index (κ3) is 1.54. The van der Waals surface area contributed by atoms with Crippen LogP contribution in [-0.2, 0) is 23.7 Å². The van der Waals surface area contributed by atoms with E-state index in [1.54, 1.807) is 0 Å². The van der Waals surface area contributed by atoms with Crippen LogP contribution in [0.25, 0.3) is 0 Å². The van der Waals surface area contributed by atoms with Crippen molar-refractivity contribution in [1.82, 2.24) is 0 Å². The van der Waals surface area contributed by atoms with E-state index in [4.69, 9.17) is 14.2 Å². The molecule has 2 fully saturated rings. The second kappa shape index (κ2) is 3.25. The van der Waals surface area contributed by atoms with Gasteiger partial charge in [-0.1, -0.05) is 0 Å². The van der Waals surface area contributed by atoms with Gasteiger partial charge in [-0.05, 0) is 0 Å². The number of rotatable bonds is 1. The molecular formula is C8H12O5. The summed E-state index contributed by atoms with van der Waals surface area (Å²) in [5.41, 5.74) is -0.566. The smallest absolute Gasteiger partial charge is 0.338 e. The minimum absolute atomic E-state index is 0.353. The Morgan fingerprint density at radius 2 is 2.00 bits per heavy atom. The summed E-state index contributed by atoms with van der Waals surface area (Å²) in [6.45, 7) is 1.93. The van der Waals surface area contributed by atoms with Gasteiger partial charge < -0.3 is 18.9 Å². The molecule has 74 valence electrons. The molecule has 0 bridgehead atoms. The highest BCUT2D eigenvalue weighted by molar-refractivity contribution is 5.79. The van der Waals surface area contributed by atoms with Crippen LogP contribution >= 0.6 is 0 Å². The van der Waals surface area contributed by atoms with E-state index in [0.29, 0.717) is 26.4 Å². The zero-order chi connectivity index (χ0) is 9.31. The van der Waals surface area contributed by atoms with Gasteiger partial charge in [0.2, 0.25) is 0 Å². The van der Waals surface area contributed by atoms with Crippen molar-refractivity contribution in [2.24, 2.45) is 0 Å². The van der Waals surface area contributed by atoms with Crippen LogP contribution in [0.15, 0.2) is 0 Å². The molecule has 0 saturated carbocycles. The monoisotopic (exact) mass is 188 g/mol. The summed E-state index contributed by atoms with van der Waals surface area (Å²) < 4.78 is 20.3. The van der Waals surface area contributed by atoms with Crippen LogP contribution in [0.4, 0.5) is 0 Å². The fourth-order valence-corrected chi connectivity index (χ4v) is 1.44. The van der Waals surface area contributed by atoms with E-state index in [0.717, 1.165) is 0 Å². The second-order valence-electron chi connectivity index (χ2n) is 3.19. The summed E-state index contributed by atoms with van der Waals surface area (Å²) in [6.07, 6.45) is -0.504. The van der Waals surface area contributed by atoms with Gasteiger partial charge in [0.15, 0.2) is 11.7 Å². The first-order valence-electron chi connectivity index (χ1n) is 4.20. The Morgan fingerprint density at radius 1 is 1.38 bits per heavy atom. The van der Waals surface area contributed by atoms with Crippen molar-refractivity contribution in [2.45, 2.75) is 11.7 Å². The fourth-order valence-electron chi connectivity index (χ4n) is 1.44. The van der Waals surface area contributed by atoms with E-state index in [1.165, 1.54) is 7.11 Å². The molecule has 2 heterocycles. The van der Waals surface area contributed by atoms with E-state index in [9.17, 15) is 4.79 Å². The maximum atomic E-state index is 11.1. The van der Waals surface area contributed by atoms with Crippen LogP contribution < -0.4 is 0 Å². The van der Waals surface area contributed by atoms with Crippen LogP contribution in [0.5, 0.6) is 0 Å². The lowest BCUT2D eigenvalue weighted by atomic mass is 10.1. The van der Waals surface area contributed by atoms with Gasteiger partial charge in [0.25, 0.3) is 0 Å². The van der Waals surface area contributed by atoms with Crippen molar-refractivity contribution in [2.75, 3.05) is 33.5 Å². The topological polar surface area (TPSA) is 57.3 Å². The van der Waals surface area contributed by atoms with E-state index >= 15 is 0 Å². The van der Waals surface area contributed by atoms with Gasteiger partial charge in [-0.3, -0.25) is 0 Å². The largest absolute Gasteiger partial charge is 0.467 e. The van der Waals surface area contributed by atoms with E-state index in [-0.39, 0.29) is 5.97 Å². The third-order valence-corrected chi connectivity index (χ3v) is 2.25. The molecule has 0 aliphatic carbocycles. The van der Waals surface area contributed by atoms with Crippen LogP contribution in [0, 0.1) is 0 Å². The summed E-state index contributed by atoms with van der Waals surface area (Å²) in [7, 11) is 1.34. The SMILES string of the molecule is COC(=O)C1OC12COCCOC2. The Balaban J connectivity index is 1.95. The van der Waals surface area contributed by atoms with Crippen molar-refractivity contribution >= 4 is 5.97 Å². The number of carbonyl (C=O) groups excluding carboxylic acids is 1. The quantitative estimate of drug-likeness (QED) is 0.404. The summed E-state index contributed by atoms with van der Waals surface area (Å²) in [5.74, 6) is -0.353. The van der Waals surface area contributed by atoms with Gasteiger partial charge in [-0.15, -0.1) is 0 Å². The number of hydrogen-bond acceptors (Lipinski definition) is 5. The van der Waals surface area contributed by atoms with E-state index in [1.807, 2.05) is 0 Å². The zero-order valence-electron chi connectivity index (χ0n) is 7.45. The van der Waals surface area contributed by atoms with Crippen LogP contribution in [0.3, 0.4) is 0 Å². The van der Waals surface area contributed by atoms with Crippen LogP contribution in [0.1, 0.15) is 0 Å². The molecule has 2 rings (SSSR count). The highest BCUT2D eigenvalue weighted by Crippen LogP contribution is 2.38.